The van der Waals surface area contributed by atoms with Crippen LogP contribution in [0.15, 0.2) is 28.0 Å². The molecule has 4 nitrogen and oxygen atoms in total. The fraction of sp³-hybridized carbons (Fsp3) is 0.308. The lowest BCUT2D eigenvalue weighted by Gasteiger charge is -2.33. The van der Waals surface area contributed by atoms with Gasteiger partial charge in [0.1, 0.15) is 0 Å². The van der Waals surface area contributed by atoms with Gasteiger partial charge in [-0.3, -0.25) is 0 Å². The van der Waals surface area contributed by atoms with Crippen molar-refractivity contribution in [1.29, 1.82) is 0 Å². The number of thiophene rings is 1. The highest BCUT2D eigenvalue weighted by atomic mass is 32.1. The van der Waals surface area contributed by atoms with E-state index in [4.69, 9.17) is 9.52 Å². The van der Waals surface area contributed by atoms with Crippen molar-refractivity contribution in [2.24, 2.45) is 0 Å². The summed E-state index contributed by atoms with van der Waals surface area (Å²) in [4.78, 5) is 14.4. The van der Waals surface area contributed by atoms with E-state index in [-0.39, 0.29) is 11.8 Å². The summed E-state index contributed by atoms with van der Waals surface area (Å²) >= 11 is 1.79. The molecule has 1 atom stereocenters. The first kappa shape index (κ1) is 11.3. The smallest absolute Gasteiger partial charge is 0.371 e. The number of carboxylic acids is 1. The molecule has 3 rings (SSSR count). The second-order valence-corrected chi connectivity index (χ2v) is 5.36. The molecule has 94 valence electrons. The average molecular weight is 263 g/mol. The lowest BCUT2D eigenvalue weighted by atomic mass is 10.0. The first-order valence-corrected chi connectivity index (χ1v) is 6.71. The number of hydrogen-bond acceptors (Lipinski definition) is 4. The van der Waals surface area contributed by atoms with Crippen LogP contribution in [-0.4, -0.2) is 17.6 Å². The fourth-order valence-electron chi connectivity index (χ4n) is 2.41. The van der Waals surface area contributed by atoms with Gasteiger partial charge in [-0.25, -0.2) is 4.79 Å². The molecule has 1 unspecified atom stereocenters. The van der Waals surface area contributed by atoms with Crippen molar-refractivity contribution in [2.75, 3.05) is 11.4 Å². The molecule has 0 radical (unpaired) electrons. The second kappa shape index (κ2) is 4.17. The fourth-order valence-corrected chi connectivity index (χ4v) is 3.37. The predicted octanol–water partition coefficient (Wildman–Crippen LogP) is 3.16. The summed E-state index contributed by atoms with van der Waals surface area (Å²) in [5.41, 5.74) is 1.32. The van der Waals surface area contributed by atoms with Gasteiger partial charge in [-0.15, -0.1) is 11.3 Å². The van der Waals surface area contributed by atoms with Gasteiger partial charge in [0.05, 0.1) is 6.04 Å². The van der Waals surface area contributed by atoms with Crippen LogP contribution >= 0.6 is 11.3 Å². The second-order valence-electron chi connectivity index (χ2n) is 4.36. The molecule has 0 aromatic carbocycles. The maximum absolute atomic E-state index is 10.8. The van der Waals surface area contributed by atoms with E-state index in [0.717, 1.165) is 13.0 Å². The summed E-state index contributed by atoms with van der Waals surface area (Å²) in [5, 5.41) is 11.0. The highest BCUT2D eigenvalue weighted by Crippen LogP contribution is 2.36. The van der Waals surface area contributed by atoms with Gasteiger partial charge in [0.25, 0.3) is 0 Å². The standard InChI is InChI=1S/C13H13NO3S/c1-8-9-5-7-18-11(9)4-6-14(8)12-3-2-10(17-12)13(15)16/h2-3,5,7-8H,4,6H2,1H3,(H,15,16). The molecule has 2 aromatic rings. The van der Waals surface area contributed by atoms with Crippen LogP contribution in [0.3, 0.4) is 0 Å². The van der Waals surface area contributed by atoms with Gasteiger partial charge in [-0.1, -0.05) is 0 Å². The molecular formula is C13H13NO3S. The van der Waals surface area contributed by atoms with Gasteiger partial charge in [-0.05, 0) is 36.4 Å². The van der Waals surface area contributed by atoms with Crippen LogP contribution in [0.5, 0.6) is 0 Å². The Morgan fingerprint density at radius 2 is 2.33 bits per heavy atom. The van der Waals surface area contributed by atoms with E-state index in [1.807, 2.05) is 0 Å². The highest BCUT2D eigenvalue weighted by Gasteiger charge is 2.27. The molecule has 0 bridgehead atoms. The van der Waals surface area contributed by atoms with E-state index < -0.39 is 5.97 Å². The van der Waals surface area contributed by atoms with Crippen LogP contribution < -0.4 is 4.90 Å². The molecule has 0 amide bonds. The van der Waals surface area contributed by atoms with Crippen LogP contribution in [-0.2, 0) is 6.42 Å². The lowest BCUT2D eigenvalue weighted by Crippen LogP contribution is -2.32. The zero-order valence-corrected chi connectivity index (χ0v) is 10.7. The van der Waals surface area contributed by atoms with Crippen molar-refractivity contribution < 1.29 is 14.3 Å². The van der Waals surface area contributed by atoms with Crippen LogP contribution in [0.2, 0.25) is 0 Å². The minimum Gasteiger partial charge on any atom is -0.475 e. The number of fused-ring (bicyclic) bond motifs is 1. The van der Waals surface area contributed by atoms with E-state index in [9.17, 15) is 4.79 Å². The van der Waals surface area contributed by atoms with Crippen molar-refractivity contribution in [3.63, 3.8) is 0 Å². The number of hydrogen-bond donors (Lipinski definition) is 1. The predicted molar refractivity (Wildman–Crippen MR) is 69.5 cm³/mol. The van der Waals surface area contributed by atoms with Crippen LogP contribution in [0.25, 0.3) is 0 Å². The third kappa shape index (κ3) is 1.71. The van der Waals surface area contributed by atoms with Gasteiger partial charge in [0.2, 0.25) is 5.76 Å². The Balaban J connectivity index is 1.91. The first-order valence-electron chi connectivity index (χ1n) is 5.83. The molecular weight excluding hydrogens is 250 g/mol. The van der Waals surface area contributed by atoms with Crippen molar-refractivity contribution >= 4 is 23.2 Å². The summed E-state index contributed by atoms with van der Waals surface area (Å²) in [7, 11) is 0. The van der Waals surface area contributed by atoms with Gasteiger partial charge in [0, 0.05) is 17.5 Å². The molecule has 2 aromatic heterocycles. The summed E-state index contributed by atoms with van der Waals surface area (Å²) < 4.78 is 5.38. The summed E-state index contributed by atoms with van der Waals surface area (Å²) in [5.74, 6) is -0.396. The molecule has 5 heteroatoms. The Morgan fingerprint density at radius 1 is 1.50 bits per heavy atom. The first-order chi connectivity index (χ1) is 8.66. The number of rotatable bonds is 2. The van der Waals surface area contributed by atoms with Gasteiger partial charge in [-0.2, -0.15) is 0 Å². The molecule has 0 spiro atoms. The quantitative estimate of drug-likeness (QED) is 0.904. The van der Waals surface area contributed by atoms with E-state index in [2.05, 4.69) is 23.3 Å². The Morgan fingerprint density at radius 3 is 3.06 bits per heavy atom. The van der Waals surface area contributed by atoms with Gasteiger partial charge < -0.3 is 14.4 Å². The number of carbonyl (C=O) groups is 1. The Kier molecular flexibility index (Phi) is 2.63. The Labute approximate surface area is 108 Å². The van der Waals surface area contributed by atoms with E-state index in [1.54, 1.807) is 17.4 Å². The number of aromatic carboxylic acids is 1. The van der Waals surface area contributed by atoms with Gasteiger partial charge in [0.15, 0.2) is 5.88 Å². The van der Waals surface area contributed by atoms with Gasteiger partial charge >= 0.3 is 5.97 Å². The number of furan rings is 1. The monoisotopic (exact) mass is 263 g/mol. The Bertz CT molecular complexity index is 587. The van der Waals surface area contributed by atoms with Crippen molar-refractivity contribution in [3.8, 4) is 0 Å². The van der Waals surface area contributed by atoms with Crippen LogP contribution in [0.4, 0.5) is 5.88 Å². The molecule has 0 saturated carbocycles. The minimum absolute atomic E-state index is 0.00619. The topological polar surface area (TPSA) is 53.7 Å². The summed E-state index contributed by atoms with van der Waals surface area (Å²) in [6.07, 6.45) is 0.987. The zero-order valence-electron chi connectivity index (χ0n) is 9.92. The molecule has 18 heavy (non-hydrogen) atoms. The molecule has 1 N–H and O–H groups in total. The molecule has 1 aliphatic rings. The van der Waals surface area contributed by atoms with Crippen molar-refractivity contribution in [2.45, 2.75) is 19.4 Å². The maximum atomic E-state index is 10.8. The SMILES string of the molecule is CC1c2ccsc2CCN1c1ccc(C(=O)O)o1. The summed E-state index contributed by atoms with van der Waals surface area (Å²) in [6.45, 7) is 2.98. The average Bonchev–Trinajstić information content (AvgIpc) is 2.97. The summed E-state index contributed by atoms with van der Waals surface area (Å²) in [6, 6.07) is 5.61. The third-order valence-corrected chi connectivity index (χ3v) is 4.36. The van der Waals surface area contributed by atoms with E-state index >= 15 is 0 Å². The Hall–Kier alpha value is -1.75. The normalized spacial score (nSPS) is 18.7. The number of nitrogens with zero attached hydrogens (tertiary/aromatic N) is 1. The molecule has 0 aliphatic carbocycles. The molecule has 0 fully saturated rings. The molecule has 0 saturated heterocycles. The highest BCUT2D eigenvalue weighted by molar-refractivity contribution is 7.10. The van der Waals surface area contributed by atoms with Crippen LogP contribution in [0.1, 0.15) is 34.0 Å². The number of anilines is 1. The van der Waals surface area contributed by atoms with E-state index in [1.165, 1.54) is 16.5 Å². The van der Waals surface area contributed by atoms with Crippen molar-refractivity contribution in [3.05, 3.63) is 39.8 Å². The van der Waals surface area contributed by atoms with E-state index in [0.29, 0.717) is 5.88 Å². The van der Waals surface area contributed by atoms with Crippen LogP contribution in [0, 0.1) is 0 Å². The lowest BCUT2D eigenvalue weighted by molar-refractivity contribution is 0.0663. The largest absolute Gasteiger partial charge is 0.475 e. The third-order valence-electron chi connectivity index (χ3n) is 3.36. The number of carboxylic acid groups (broad SMARTS) is 1. The van der Waals surface area contributed by atoms with Crippen molar-refractivity contribution in [1.82, 2.24) is 0 Å². The zero-order chi connectivity index (χ0) is 12.7. The maximum Gasteiger partial charge on any atom is 0.371 e. The minimum atomic E-state index is -1.03. The molecule has 1 aliphatic heterocycles. The molecule has 3 heterocycles.